The molecule has 2 rings (SSSR count). The van der Waals surface area contributed by atoms with Gasteiger partial charge in [0.2, 0.25) is 5.91 Å². The third kappa shape index (κ3) is 3.95. The van der Waals surface area contributed by atoms with Crippen LogP contribution < -0.4 is 14.8 Å². The van der Waals surface area contributed by atoms with Crippen LogP contribution in [0.15, 0.2) is 23.4 Å². The van der Waals surface area contributed by atoms with E-state index in [-0.39, 0.29) is 11.2 Å². The van der Waals surface area contributed by atoms with Crippen molar-refractivity contribution in [3.8, 4) is 11.5 Å². The zero-order chi connectivity index (χ0) is 17.0. The first-order valence-electron chi connectivity index (χ1n) is 7.01. The number of anilines is 1. The largest absolute Gasteiger partial charge is 0.493 e. The SMILES string of the molecule is COc1ccc(NC(=O)[C@@H](C)Sc2nnc(C)n2C)cc1OC. The van der Waals surface area contributed by atoms with Crippen LogP contribution >= 0.6 is 11.8 Å². The third-order valence-corrected chi connectivity index (χ3v) is 4.49. The predicted molar refractivity (Wildman–Crippen MR) is 89.2 cm³/mol. The number of aromatic nitrogens is 3. The number of methoxy groups -OCH3 is 2. The van der Waals surface area contributed by atoms with Gasteiger partial charge < -0.3 is 19.4 Å². The molecule has 1 N–H and O–H groups in total. The maximum Gasteiger partial charge on any atom is 0.237 e. The van der Waals surface area contributed by atoms with E-state index in [4.69, 9.17) is 9.47 Å². The first-order chi connectivity index (χ1) is 11.0. The molecule has 0 fully saturated rings. The Labute approximate surface area is 139 Å². The topological polar surface area (TPSA) is 78.3 Å². The number of amides is 1. The number of rotatable bonds is 6. The van der Waals surface area contributed by atoms with Crippen LogP contribution in [0.3, 0.4) is 0 Å². The van der Waals surface area contributed by atoms with Crippen LogP contribution in [0.25, 0.3) is 0 Å². The van der Waals surface area contributed by atoms with E-state index in [0.29, 0.717) is 22.3 Å². The number of carbonyl (C=O) groups excluding carboxylic acids is 1. The fourth-order valence-electron chi connectivity index (χ4n) is 1.86. The fraction of sp³-hybridized carbons (Fsp3) is 0.400. The van der Waals surface area contributed by atoms with Crippen molar-refractivity contribution in [3.05, 3.63) is 24.0 Å². The van der Waals surface area contributed by atoms with Crippen LogP contribution in [0.5, 0.6) is 11.5 Å². The molecule has 0 saturated carbocycles. The van der Waals surface area contributed by atoms with Gasteiger partial charge in [-0.05, 0) is 26.0 Å². The Balaban J connectivity index is 2.05. The van der Waals surface area contributed by atoms with Crippen LogP contribution in [0, 0.1) is 6.92 Å². The molecular weight excluding hydrogens is 316 g/mol. The number of thioether (sulfide) groups is 1. The molecule has 8 heteroatoms. The van der Waals surface area contributed by atoms with E-state index >= 15 is 0 Å². The van der Waals surface area contributed by atoms with Gasteiger partial charge in [0.25, 0.3) is 0 Å². The van der Waals surface area contributed by atoms with E-state index < -0.39 is 0 Å². The predicted octanol–water partition coefficient (Wildman–Crippen LogP) is 2.26. The lowest BCUT2D eigenvalue weighted by Crippen LogP contribution is -2.22. The van der Waals surface area contributed by atoms with Gasteiger partial charge in [-0.15, -0.1) is 10.2 Å². The number of hydrogen-bond acceptors (Lipinski definition) is 6. The Morgan fingerprint density at radius 2 is 1.96 bits per heavy atom. The van der Waals surface area contributed by atoms with Crippen LogP contribution in [0.2, 0.25) is 0 Å². The molecule has 2 aromatic rings. The van der Waals surface area contributed by atoms with E-state index in [2.05, 4.69) is 15.5 Å². The first kappa shape index (κ1) is 17.1. The number of benzene rings is 1. The number of nitrogens with zero attached hydrogens (tertiary/aromatic N) is 3. The van der Waals surface area contributed by atoms with E-state index in [0.717, 1.165) is 5.82 Å². The third-order valence-electron chi connectivity index (χ3n) is 3.36. The summed E-state index contributed by atoms with van der Waals surface area (Å²) in [5.74, 6) is 1.86. The van der Waals surface area contributed by atoms with E-state index in [9.17, 15) is 4.79 Å². The zero-order valence-corrected chi connectivity index (χ0v) is 14.6. The van der Waals surface area contributed by atoms with Crippen molar-refractivity contribution in [3.63, 3.8) is 0 Å². The van der Waals surface area contributed by atoms with Gasteiger partial charge >= 0.3 is 0 Å². The van der Waals surface area contributed by atoms with Gasteiger partial charge in [-0.3, -0.25) is 4.79 Å². The van der Waals surface area contributed by atoms with Gasteiger partial charge in [-0.2, -0.15) is 0 Å². The highest BCUT2D eigenvalue weighted by molar-refractivity contribution is 8.00. The van der Waals surface area contributed by atoms with Crippen molar-refractivity contribution in [2.24, 2.45) is 7.05 Å². The van der Waals surface area contributed by atoms with Crippen molar-refractivity contribution in [2.45, 2.75) is 24.3 Å². The molecule has 124 valence electrons. The molecule has 1 aromatic carbocycles. The van der Waals surface area contributed by atoms with Gasteiger partial charge in [-0.1, -0.05) is 11.8 Å². The monoisotopic (exact) mass is 336 g/mol. The lowest BCUT2D eigenvalue weighted by molar-refractivity contribution is -0.115. The summed E-state index contributed by atoms with van der Waals surface area (Å²) < 4.78 is 12.3. The summed E-state index contributed by atoms with van der Waals surface area (Å²) >= 11 is 1.36. The Morgan fingerprint density at radius 3 is 2.52 bits per heavy atom. The molecule has 0 unspecified atom stereocenters. The van der Waals surface area contributed by atoms with Crippen LogP contribution in [-0.2, 0) is 11.8 Å². The molecule has 0 aliphatic rings. The van der Waals surface area contributed by atoms with Crippen LogP contribution in [0.4, 0.5) is 5.69 Å². The van der Waals surface area contributed by atoms with Crippen LogP contribution in [-0.4, -0.2) is 40.1 Å². The summed E-state index contributed by atoms with van der Waals surface area (Å²) in [5.41, 5.74) is 0.647. The molecule has 0 radical (unpaired) electrons. The first-order valence-corrected chi connectivity index (χ1v) is 7.89. The molecular formula is C15H20N4O3S. The van der Waals surface area contributed by atoms with Crippen LogP contribution in [0.1, 0.15) is 12.7 Å². The Morgan fingerprint density at radius 1 is 1.26 bits per heavy atom. The zero-order valence-electron chi connectivity index (χ0n) is 13.8. The summed E-state index contributed by atoms with van der Waals surface area (Å²) in [7, 11) is 4.99. The molecule has 0 aliphatic heterocycles. The van der Waals surface area contributed by atoms with E-state index in [1.807, 2.05) is 25.5 Å². The van der Waals surface area contributed by atoms with Gasteiger partial charge in [0.05, 0.1) is 19.5 Å². The Bertz CT molecular complexity index is 702. The van der Waals surface area contributed by atoms with Gasteiger partial charge in [0.1, 0.15) is 5.82 Å². The average molecular weight is 336 g/mol. The van der Waals surface area contributed by atoms with E-state index in [1.165, 1.54) is 11.8 Å². The molecule has 23 heavy (non-hydrogen) atoms. The Kier molecular flexibility index (Phi) is 5.49. The highest BCUT2D eigenvalue weighted by Crippen LogP contribution is 2.30. The minimum absolute atomic E-state index is 0.122. The maximum atomic E-state index is 12.3. The standard InChI is InChI=1S/C15H20N4O3S/c1-9(23-15-18-17-10(2)19(15)3)14(20)16-11-6-7-12(21-4)13(8-11)22-5/h6-9H,1-5H3,(H,16,20)/t9-/m1/s1. The molecule has 1 heterocycles. The van der Waals surface area contributed by atoms with Crippen molar-refractivity contribution in [2.75, 3.05) is 19.5 Å². The van der Waals surface area contributed by atoms with Gasteiger partial charge in [0, 0.05) is 18.8 Å². The second kappa shape index (κ2) is 7.36. The highest BCUT2D eigenvalue weighted by atomic mass is 32.2. The molecule has 0 spiro atoms. The number of hydrogen-bond donors (Lipinski definition) is 1. The smallest absolute Gasteiger partial charge is 0.237 e. The minimum Gasteiger partial charge on any atom is -0.493 e. The van der Waals surface area contributed by atoms with Gasteiger partial charge in [0.15, 0.2) is 16.7 Å². The summed E-state index contributed by atoms with van der Waals surface area (Å²) in [4.78, 5) is 12.3. The summed E-state index contributed by atoms with van der Waals surface area (Å²) in [5, 5.41) is 11.3. The fourth-order valence-corrected chi connectivity index (χ4v) is 2.72. The molecule has 0 saturated heterocycles. The lowest BCUT2D eigenvalue weighted by atomic mass is 10.2. The van der Waals surface area contributed by atoms with Crippen molar-refractivity contribution in [1.29, 1.82) is 0 Å². The van der Waals surface area contributed by atoms with Crippen molar-refractivity contribution < 1.29 is 14.3 Å². The molecule has 7 nitrogen and oxygen atoms in total. The average Bonchev–Trinajstić information content (AvgIpc) is 2.86. The van der Waals surface area contributed by atoms with Crippen molar-refractivity contribution in [1.82, 2.24) is 14.8 Å². The number of ether oxygens (including phenoxy) is 2. The molecule has 0 bridgehead atoms. The lowest BCUT2D eigenvalue weighted by Gasteiger charge is -2.13. The summed E-state index contributed by atoms with van der Waals surface area (Å²) in [6.45, 7) is 3.69. The molecule has 1 aromatic heterocycles. The quantitative estimate of drug-likeness (QED) is 0.815. The molecule has 1 amide bonds. The highest BCUT2D eigenvalue weighted by Gasteiger charge is 2.18. The number of aryl methyl sites for hydroxylation is 1. The van der Waals surface area contributed by atoms with Crippen molar-refractivity contribution >= 4 is 23.4 Å². The van der Waals surface area contributed by atoms with Gasteiger partial charge in [-0.25, -0.2) is 0 Å². The summed E-state index contributed by atoms with van der Waals surface area (Å²) in [6, 6.07) is 5.24. The minimum atomic E-state index is -0.314. The number of nitrogens with one attached hydrogen (secondary N) is 1. The molecule has 0 aliphatic carbocycles. The second-order valence-corrected chi connectivity index (χ2v) is 6.22. The second-order valence-electron chi connectivity index (χ2n) is 4.91. The Hall–Kier alpha value is -2.22. The summed E-state index contributed by atoms with van der Waals surface area (Å²) in [6.07, 6.45) is 0. The normalized spacial score (nSPS) is 11.9. The molecule has 1 atom stereocenters. The number of carbonyl (C=O) groups is 1. The maximum absolute atomic E-state index is 12.3. The van der Waals surface area contributed by atoms with E-state index in [1.54, 1.807) is 32.4 Å².